The molecule has 152 valence electrons. The number of benzene rings is 1. The molecule has 0 saturated carbocycles. The largest absolute Gasteiger partial charge is 0.381 e. The number of rotatable bonds is 5. The number of hydrogen-bond acceptors (Lipinski definition) is 5. The number of anilines is 1. The summed E-state index contributed by atoms with van der Waals surface area (Å²) in [5.41, 5.74) is 0.925. The fraction of sp³-hybridized carbons (Fsp3) is 0.350. The number of halogens is 2. The maximum atomic E-state index is 14.0. The molecule has 29 heavy (non-hydrogen) atoms. The number of amides is 1. The summed E-state index contributed by atoms with van der Waals surface area (Å²) in [6.07, 6.45) is 4.66. The summed E-state index contributed by atoms with van der Waals surface area (Å²) in [4.78, 5) is 17.1. The average Bonchev–Trinajstić information content (AvgIpc) is 3.14. The summed E-state index contributed by atoms with van der Waals surface area (Å²) >= 11 is 0. The lowest BCUT2D eigenvalue weighted by Crippen LogP contribution is -2.38. The molecule has 2 N–H and O–H groups in total. The molecule has 0 unspecified atom stereocenters. The molecule has 1 saturated heterocycles. The Hall–Kier alpha value is -3.07. The van der Waals surface area contributed by atoms with Gasteiger partial charge in [-0.25, -0.2) is 18.3 Å². The van der Waals surface area contributed by atoms with Crippen LogP contribution in [0.15, 0.2) is 36.7 Å². The van der Waals surface area contributed by atoms with Gasteiger partial charge in [-0.2, -0.15) is 5.10 Å². The number of aromatic nitrogens is 3. The maximum Gasteiger partial charge on any atom is 0.256 e. The number of nitrogens with zero attached hydrogens (tertiary/aromatic N) is 3. The molecule has 1 atom stereocenters. The van der Waals surface area contributed by atoms with Crippen molar-refractivity contribution in [3.63, 3.8) is 0 Å². The molecule has 3 aromatic rings. The first-order valence-electron chi connectivity index (χ1n) is 9.46. The van der Waals surface area contributed by atoms with E-state index < -0.39 is 17.7 Å². The van der Waals surface area contributed by atoms with E-state index in [0.29, 0.717) is 30.2 Å². The molecule has 0 aliphatic carbocycles. The molecule has 4 rings (SSSR count). The highest BCUT2D eigenvalue weighted by Crippen LogP contribution is 2.22. The minimum atomic E-state index is -0.525. The summed E-state index contributed by atoms with van der Waals surface area (Å²) in [6.45, 7) is 2.96. The van der Waals surface area contributed by atoms with E-state index >= 15 is 0 Å². The minimum absolute atomic E-state index is 0.0588. The number of carbonyl (C=O) groups excluding carboxylic acids is 1. The van der Waals surface area contributed by atoms with Crippen LogP contribution in [0.1, 0.15) is 41.7 Å². The summed E-state index contributed by atoms with van der Waals surface area (Å²) in [5.74, 6) is -0.843. The van der Waals surface area contributed by atoms with Crippen molar-refractivity contribution in [2.45, 2.75) is 31.8 Å². The molecule has 1 fully saturated rings. The van der Waals surface area contributed by atoms with Crippen LogP contribution in [0.5, 0.6) is 0 Å². The Bertz CT molecular complexity index is 1030. The Balaban J connectivity index is 1.54. The first-order valence-corrected chi connectivity index (χ1v) is 9.46. The molecule has 1 aromatic carbocycles. The lowest BCUT2D eigenvalue weighted by Gasteiger charge is -2.22. The first kappa shape index (κ1) is 19.3. The third-order valence-electron chi connectivity index (χ3n) is 4.96. The molecule has 0 radical (unpaired) electrons. The lowest BCUT2D eigenvalue weighted by molar-refractivity contribution is 0.0697. The molecule has 3 heterocycles. The van der Waals surface area contributed by atoms with Crippen LogP contribution in [0.2, 0.25) is 0 Å². The molecular formula is C20H21F2N5O2. The van der Waals surface area contributed by atoms with Gasteiger partial charge in [-0.1, -0.05) is 0 Å². The summed E-state index contributed by atoms with van der Waals surface area (Å²) in [6, 6.07) is 4.51. The second-order valence-corrected chi connectivity index (χ2v) is 7.03. The third kappa shape index (κ3) is 4.19. The minimum Gasteiger partial charge on any atom is -0.381 e. The van der Waals surface area contributed by atoms with Crippen LogP contribution < -0.4 is 10.6 Å². The van der Waals surface area contributed by atoms with E-state index in [4.69, 9.17) is 4.74 Å². The summed E-state index contributed by atoms with van der Waals surface area (Å²) in [7, 11) is 0. The van der Waals surface area contributed by atoms with E-state index in [1.807, 2.05) is 0 Å². The van der Waals surface area contributed by atoms with Crippen LogP contribution in [-0.2, 0) is 4.74 Å². The van der Waals surface area contributed by atoms with Crippen molar-refractivity contribution in [3.8, 4) is 0 Å². The molecule has 0 spiro atoms. The summed E-state index contributed by atoms with van der Waals surface area (Å²) in [5, 5.41) is 10.2. The van der Waals surface area contributed by atoms with Gasteiger partial charge in [0.1, 0.15) is 23.0 Å². The van der Waals surface area contributed by atoms with Crippen LogP contribution in [0.25, 0.3) is 5.65 Å². The van der Waals surface area contributed by atoms with Gasteiger partial charge in [-0.3, -0.25) is 4.79 Å². The SMILES string of the molecule is C[C@H](Nc1ccn2ncc(C(=O)NC3CCOCC3)c2n1)c1cc(F)ccc1F. The zero-order valence-electron chi connectivity index (χ0n) is 15.9. The predicted octanol–water partition coefficient (Wildman–Crippen LogP) is 3.09. The Labute approximate surface area is 166 Å². The Morgan fingerprint density at radius 1 is 1.28 bits per heavy atom. The van der Waals surface area contributed by atoms with Gasteiger partial charge in [0, 0.05) is 31.0 Å². The second-order valence-electron chi connectivity index (χ2n) is 7.03. The highest BCUT2D eigenvalue weighted by Gasteiger charge is 2.21. The van der Waals surface area contributed by atoms with Crippen LogP contribution in [0.3, 0.4) is 0 Å². The molecule has 0 bridgehead atoms. The molecule has 7 nitrogen and oxygen atoms in total. The number of carbonyl (C=O) groups is 1. The van der Waals surface area contributed by atoms with E-state index in [1.54, 1.807) is 19.2 Å². The van der Waals surface area contributed by atoms with E-state index in [2.05, 4.69) is 20.7 Å². The molecule has 2 aromatic heterocycles. The van der Waals surface area contributed by atoms with Crippen LogP contribution in [0, 0.1) is 11.6 Å². The summed E-state index contributed by atoms with van der Waals surface area (Å²) < 4.78 is 34.3. The van der Waals surface area contributed by atoms with Crippen LogP contribution in [-0.4, -0.2) is 39.8 Å². The molecule has 1 amide bonds. The van der Waals surface area contributed by atoms with Gasteiger partial charge in [0.05, 0.1) is 12.2 Å². The topological polar surface area (TPSA) is 80.5 Å². The van der Waals surface area contributed by atoms with Crippen molar-refractivity contribution in [2.24, 2.45) is 0 Å². The van der Waals surface area contributed by atoms with Crippen molar-refractivity contribution < 1.29 is 18.3 Å². The van der Waals surface area contributed by atoms with Crippen LogP contribution in [0.4, 0.5) is 14.6 Å². The quantitative estimate of drug-likeness (QED) is 0.687. The zero-order chi connectivity index (χ0) is 20.4. The van der Waals surface area contributed by atoms with Crippen LogP contribution >= 0.6 is 0 Å². The Morgan fingerprint density at radius 3 is 2.86 bits per heavy atom. The van der Waals surface area contributed by atoms with E-state index in [9.17, 15) is 13.6 Å². The van der Waals surface area contributed by atoms with Gasteiger partial charge >= 0.3 is 0 Å². The van der Waals surface area contributed by atoms with Gasteiger partial charge in [0.25, 0.3) is 5.91 Å². The number of nitrogens with one attached hydrogen (secondary N) is 2. The molecular weight excluding hydrogens is 380 g/mol. The zero-order valence-corrected chi connectivity index (χ0v) is 15.9. The maximum absolute atomic E-state index is 14.0. The van der Waals surface area contributed by atoms with E-state index in [1.165, 1.54) is 10.7 Å². The van der Waals surface area contributed by atoms with Gasteiger partial charge in [-0.15, -0.1) is 0 Å². The smallest absolute Gasteiger partial charge is 0.256 e. The molecule has 1 aliphatic rings. The average molecular weight is 401 g/mol. The second kappa shape index (κ2) is 8.12. The molecule has 9 heteroatoms. The van der Waals surface area contributed by atoms with Crippen molar-refractivity contribution in [1.29, 1.82) is 0 Å². The Kier molecular flexibility index (Phi) is 5.39. The van der Waals surface area contributed by atoms with Crippen molar-refractivity contribution in [1.82, 2.24) is 19.9 Å². The van der Waals surface area contributed by atoms with Gasteiger partial charge < -0.3 is 15.4 Å². The van der Waals surface area contributed by atoms with Crippen molar-refractivity contribution >= 4 is 17.4 Å². The van der Waals surface area contributed by atoms with Crippen molar-refractivity contribution in [2.75, 3.05) is 18.5 Å². The van der Waals surface area contributed by atoms with Gasteiger partial charge in [-0.05, 0) is 44.0 Å². The highest BCUT2D eigenvalue weighted by atomic mass is 19.1. The fourth-order valence-electron chi connectivity index (χ4n) is 3.36. The van der Waals surface area contributed by atoms with Gasteiger partial charge in [0.15, 0.2) is 5.65 Å². The standard InChI is InChI=1S/C20H21F2N5O2/c1-12(15-10-13(21)2-3-17(15)22)24-18-4-7-27-19(26-18)16(11-23-27)20(28)25-14-5-8-29-9-6-14/h2-4,7,10-12,14H,5-6,8-9H2,1H3,(H,24,26)(H,25,28)/t12-/m0/s1. The third-order valence-corrected chi connectivity index (χ3v) is 4.96. The lowest BCUT2D eigenvalue weighted by atomic mass is 10.1. The van der Waals surface area contributed by atoms with Gasteiger partial charge in [0.2, 0.25) is 0 Å². The Morgan fingerprint density at radius 2 is 2.07 bits per heavy atom. The molecule has 1 aliphatic heterocycles. The van der Waals surface area contributed by atoms with E-state index in [-0.39, 0.29) is 17.5 Å². The fourth-order valence-corrected chi connectivity index (χ4v) is 3.36. The predicted molar refractivity (Wildman–Crippen MR) is 103 cm³/mol. The highest BCUT2D eigenvalue weighted by molar-refractivity contribution is 5.99. The number of ether oxygens (including phenoxy) is 1. The normalized spacial score (nSPS) is 16.0. The number of fused-ring (bicyclic) bond motifs is 1. The first-order chi connectivity index (χ1) is 14.0. The monoisotopic (exact) mass is 401 g/mol. The number of hydrogen-bond donors (Lipinski definition) is 2. The van der Waals surface area contributed by atoms with E-state index in [0.717, 1.165) is 31.0 Å². The van der Waals surface area contributed by atoms with Crippen molar-refractivity contribution in [3.05, 3.63) is 59.4 Å².